The summed E-state index contributed by atoms with van der Waals surface area (Å²) in [6.45, 7) is 3.57. The number of carbonyl (C=O) groups excluding carboxylic acids is 1. The normalized spacial score (nSPS) is 14.8. The SMILES string of the molecule is CCOC(=O)C1=C(C)N=c2s/c(=C\c3cc(I)c(OCC#N)c(I)c3)c(=O)n2[C@H]1c1cc(OC)c(OC)cc1Br. The summed E-state index contributed by atoms with van der Waals surface area (Å²) >= 11 is 9.12. The number of halogens is 3. The monoisotopic (exact) mass is 849 g/mol. The van der Waals surface area contributed by atoms with Crippen molar-refractivity contribution in [1.29, 1.82) is 5.26 Å². The van der Waals surface area contributed by atoms with Gasteiger partial charge in [0.25, 0.3) is 5.56 Å². The minimum absolute atomic E-state index is 0.0577. The van der Waals surface area contributed by atoms with Crippen molar-refractivity contribution in [3.8, 4) is 23.3 Å². The predicted molar refractivity (Wildman–Crippen MR) is 171 cm³/mol. The van der Waals surface area contributed by atoms with Crippen LogP contribution in [-0.2, 0) is 9.53 Å². The summed E-state index contributed by atoms with van der Waals surface area (Å²) in [5.74, 6) is 1.01. The summed E-state index contributed by atoms with van der Waals surface area (Å²) in [6.07, 6.45) is 1.78. The van der Waals surface area contributed by atoms with Gasteiger partial charge in [0.1, 0.15) is 11.8 Å². The van der Waals surface area contributed by atoms with Gasteiger partial charge in [0.2, 0.25) is 0 Å². The zero-order valence-electron chi connectivity index (χ0n) is 21.7. The molecule has 4 rings (SSSR count). The molecule has 0 aliphatic carbocycles. The van der Waals surface area contributed by atoms with Gasteiger partial charge in [-0.1, -0.05) is 27.3 Å². The maximum atomic E-state index is 14.0. The van der Waals surface area contributed by atoms with E-state index in [-0.39, 0.29) is 24.3 Å². The number of allylic oxidation sites excluding steroid dienone is 1. The fraction of sp³-hybridized carbons (Fsp3) is 0.259. The van der Waals surface area contributed by atoms with Crippen LogP contribution in [0.1, 0.15) is 31.0 Å². The van der Waals surface area contributed by atoms with Crippen LogP contribution < -0.4 is 29.1 Å². The second kappa shape index (κ2) is 13.0. The van der Waals surface area contributed by atoms with Gasteiger partial charge in [-0.15, -0.1) is 0 Å². The smallest absolute Gasteiger partial charge is 0.338 e. The van der Waals surface area contributed by atoms with Gasteiger partial charge in [0.15, 0.2) is 22.9 Å². The second-order valence-electron chi connectivity index (χ2n) is 8.29. The third kappa shape index (κ3) is 5.95. The van der Waals surface area contributed by atoms with Crippen LogP contribution in [0.3, 0.4) is 0 Å². The van der Waals surface area contributed by atoms with Gasteiger partial charge >= 0.3 is 5.97 Å². The van der Waals surface area contributed by atoms with E-state index in [1.165, 1.54) is 30.1 Å². The number of esters is 1. The van der Waals surface area contributed by atoms with Crippen molar-refractivity contribution in [3.05, 3.63) is 78.0 Å². The third-order valence-electron chi connectivity index (χ3n) is 5.91. The lowest BCUT2D eigenvalue weighted by atomic mass is 9.95. The van der Waals surface area contributed by atoms with Gasteiger partial charge in [-0.2, -0.15) is 5.26 Å². The number of ether oxygens (including phenoxy) is 4. The second-order valence-corrected chi connectivity index (χ2v) is 12.5. The van der Waals surface area contributed by atoms with Crippen molar-refractivity contribution in [2.45, 2.75) is 19.9 Å². The number of benzene rings is 2. The van der Waals surface area contributed by atoms with Gasteiger partial charge in [-0.3, -0.25) is 9.36 Å². The topological polar surface area (TPSA) is 112 Å². The van der Waals surface area contributed by atoms with Crippen molar-refractivity contribution < 1.29 is 23.7 Å². The summed E-state index contributed by atoms with van der Waals surface area (Å²) in [5.41, 5.74) is 1.82. The van der Waals surface area contributed by atoms with E-state index in [4.69, 9.17) is 24.2 Å². The Balaban J connectivity index is 1.96. The largest absolute Gasteiger partial charge is 0.493 e. The molecule has 1 atom stereocenters. The maximum Gasteiger partial charge on any atom is 0.338 e. The number of hydrogen-bond donors (Lipinski definition) is 0. The Kier molecular flexibility index (Phi) is 9.96. The summed E-state index contributed by atoms with van der Waals surface area (Å²) in [4.78, 5) is 32.3. The number of rotatable bonds is 8. The van der Waals surface area contributed by atoms with Crippen molar-refractivity contribution in [3.63, 3.8) is 0 Å². The van der Waals surface area contributed by atoms with Gasteiger partial charge < -0.3 is 18.9 Å². The Bertz CT molecular complexity index is 1740. The van der Waals surface area contributed by atoms with Crippen molar-refractivity contribution in [2.24, 2.45) is 4.99 Å². The molecule has 0 spiro atoms. The highest BCUT2D eigenvalue weighted by molar-refractivity contribution is 14.1. The number of methoxy groups -OCH3 is 2. The van der Waals surface area contributed by atoms with Crippen molar-refractivity contribution >= 4 is 84.5 Å². The molecular weight excluding hydrogens is 828 g/mol. The highest BCUT2D eigenvalue weighted by atomic mass is 127. The number of thiazole rings is 1. The highest BCUT2D eigenvalue weighted by Gasteiger charge is 2.35. The number of hydrogen-bond acceptors (Lipinski definition) is 9. The van der Waals surface area contributed by atoms with E-state index in [0.29, 0.717) is 42.3 Å². The van der Waals surface area contributed by atoms with Crippen LogP contribution in [0.15, 0.2) is 49.8 Å². The predicted octanol–water partition coefficient (Wildman–Crippen LogP) is 4.69. The number of fused-ring (bicyclic) bond motifs is 1. The third-order valence-corrected chi connectivity index (χ3v) is 9.19. The van der Waals surface area contributed by atoms with E-state index in [0.717, 1.165) is 12.7 Å². The molecule has 0 saturated heterocycles. The first-order valence-electron chi connectivity index (χ1n) is 11.7. The van der Waals surface area contributed by atoms with E-state index in [9.17, 15) is 9.59 Å². The molecular formula is C27H22BrI2N3O6S. The van der Waals surface area contributed by atoms with Crippen LogP contribution >= 0.6 is 72.4 Å². The Morgan fingerprint density at radius 3 is 2.45 bits per heavy atom. The van der Waals surface area contributed by atoms with Gasteiger partial charge in [0.05, 0.1) is 49.8 Å². The molecule has 9 nitrogen and oxygen atoms in total. The Hall–Kier alpha value is -2.42. The fourth-order valence-electron chi connectivity index (χ4n) is 4.22. The summed E-state index contributed by atoms with van der Waals surface area (Å²) < 4.78 is 26.1. The summed E-state index contributed by atoms with van der Waals surface area (Å²) in [7, 11) is 3.05. The fourth-order valence-corrected chi connectivity index (χ4v) is 7.94. The maximum absolute atomic E-state index is 14.0. The lowest BCUT2D eigenvalue weighted by Gasteiger charge is -2.26. The molecule has 0 saturated carbocycles. The first-order valence-corrected chi connectivity index (χ1v) is 15.5. The summed E-state index contributed by atoms with van der Waals surface area (Å²) in [6, 6.07) is 8.39. The van der Waals surface area contributed by atoms with E-state index in [1.54, 1.807) is 32.1 Å². The Morgan fingerprint density at radius 1 is 1.20 bits per heavy atom. The number of aromatic nitrogens is 1. The molecule has 40 heavy (non-hydrogen) atoms. The Labute approximate surface area is 269 Å². The lowest BCUT2D eigenvalue weighted by Crippen LogP contribution is -2.40. The molecule has 1 aliphatic heterocycles. The molecule has 208 valence electrons. The first-order chi connectivity index (χ1) is 19.1. The van der Waals surface area contributed by atoms with Crippen molar-refractivity contribution in [2.75, 3.05) is 27.4 Å². The minimum Gasteiger partial charge on any atom is -0.493 e. The molecule has 0 bridgehead atoms. The molecule has 0 amide bonds. The number of carbonyl (C=O) groups is 1. The van der Waals surface area contributed by atoms with Crippen LogP contribution in [0.2, 0.25) is 0 Å². The van der Waals surface area contributed by atoms with E-state index in [1.807, 2.05) is 18.2 Å². The molecule has 1 aromatic heterocycles. The molecule has 2 aromatic carbocycles. The first kappa shape index (κ1) is 30.5. The highest BCUT2D eigenvalue weighted by Crippen LogP contribution is 2.40. The van der Waals surface area contributed by atoms with Crippen LogP contribution in [0.25, 0.3) is 6.08 Å². The molecule has 2 heterocycles. The van der Waals surface area contributed by atoms with Gasteiger partial charge in [-0.25, -0.2) is 9.79 Å². The number of nitriles is 1. The van der Waals surface area contributed by atoms with Crippen molar-refractivity contribution in [1.82, 2.24) is 4.57 Å². The van der Waals surface area contributed by atoms with Crippen LogP contribution in [-0.4, -0.2) is 38.0 Å². The zero-order chi connectivity index (χ0) is 29.1. The van der Waals surface area contributed by atoms with Crippen LogP contribution in [0.4, 0.5) is 0 Å². The number of nitrogens with zero attached hydrogens (tertiary/aromatic N) is 3. The average Bonchev–Trinajstić information content (AvgIpc) is 3.21. The lowest BCUT2D eigenvalue weighted by molar-refractivity contribution is -0.139. The standard InChI is InChI=1S/C27H22BrI2N3O6S/c1-5-38-26(35)22-13(2)32-27-33(23(22)15-11-19(36-3)20(37-4)12-16(15)28)25(34)21(40-27)10-14-8-17(29)24(18(30)9-14)39-7-6-31/h8-12,23H,5,7H2,1-4H3/b21-10-/t23-/m0/s1. The van der Waals surface area contributed by atoms with E-state index in [2.05, 4.69) is 66.1 Å². The van der Waals surface area contributed by atoms with Gasteiger partial charge in [0, 0.05) is 4.47 Å². The minimum atomic E-state index is -0.825. The van der Waals surface area contributed by atoms with E-state index >= 15 is 0 Å². The molecule has 0 fully saturated rings. The average molecular weight is 850 g/mol. The molecule has 13 heteroatoms. The molecule has 0 radical (unpaired) electrons. The Morgan fingerprint density at radius 2 is 1.85 bits per heavy atom. The summed E-state index contributed by atoms with van der Waals surface area (Å²) in [5, 5.41) is 8.87. The molecule has 3 aromatic rings. The van der Waals surface area contributed by atoms with Crippen LogP contribution in [0, 0.1) is 18.5 Å². The zero-order valence-corrected chi connectivity index (χ0v) is 28.4. The molecule has 0 unspecified atom stereocenters. The van der Waals surface area contributed by atoms with Crippen LogP contribution in [0.5, 0.6) is 17.2 Å². The molecule has 0 N–H and O–H groups in total. The molecule has 1 aliphatic rings. The quantitative estimate of drug-likeness (QED) is 0.239. The van der Waals surface area contributed by atoms with Gasteiger partial charge in [-0.05, 0) is 100 Å². The van der Waals surface area contributed by atoms with E-state index < -0.39 is 12.0 Å².